The summed E-state index contributed by atoms with van der Waals surface area (Å²) >= 11 is 0. The zero-order chi connectivity index (χ0) is 12.3. The molecule has 1 rings (SSSR count). The molecule has 16 heavy (non-hydrogen) atoms. The van der Waals surface area contributed by atoms with Gasteiger partial charge in [0.1, 0.15) is 0 Å². The molecule has 0 aromatic carbocycles. The molecule has 0 aliphatic carbocycles. The van der Waals surface area contributed by atoms with Crippen LogP contribution in [0.5, 0.6) is 0 Å². The van der Waals surface area contributed by atoms with Crippen molar-refractivity contribution in [2.24, 2.45) is 17.1 Å². The van der Waals surface area contributed by atoms with Crippen molar-refractivity contribution in [2.45, 2.75) is 46.2 Å². The van der Waals surface area contributed by atoms with E-state index in [1.807, 2.05) is 6.92 Å². The Labute approximate surface area is 97.9 Å². The second-order valence-electron chi connectivity index (χ2n) is 5.27. The average Bonchev–Trinajstić information content (AvgIpc) is 2.56. The van der Waals surface area contributed by atoms with Gasteiger partial charge < -0.3 is 15.8 Å². The molecule has 0 aromatic heterocycles. The smallest absolute Gasteiger partial charge is 0.230 e. The fourth-order valence-corrected chi connectivity index (χ4v) is 2.00. The molecule has 4 nitrogen and oxygen atoms in total. The van der Waals surface area contributed by atoms with Crippen LogP contribution >= 0.6 is 0 Å². The summed E-state index contributed by atoms with van der Waals surface area (Å²) < 4.78 is 5.28. The highest BCUT2D eigenvalue weighted by molar-refractivity contribution is 5.83. The number of nitrogens with one attached hydrogen (secondary N) is 1. The average molecular weight is 228 g/mol. The maximum atomic E-state index is 12.2. The molecule has 0 spiro atoms. The molecule has 94 valence electrons. The Morgan fingerprint density at radius 2 is 2.25 bits per heavy atom. The monoisotopic (exact) mass is 228 g/mol. The predicted octanol–water partition coefficient (Wildman–Crippen LogP) is 0.901. The Hall–Kier alpha value is -0.610. The van der Waals surface area contributed by atoms with Gasteiger partial charge in [-0.2, -0.15) is 0 Å². The van der Waals surface area contributed by atoms with E-state index in [1.54, 1.807) is 0 Å². The summed E-state index contributed by atoms with van der Waals surface area (Å²) in [7, 11) is 0. The lowest BCUT2D eigenvalue weighted by atomic mass is 9.84. The molecule has 0 bridgehead atoms. The number of carbonyl (C=O) groups is 1. The van der Waals surface area contributed by atoms with Crippen molar-refractivity contribution in [3.8, 4) is 0 Å². The Morgan fingerprint density at radius 3 is 2.62 bits per heavy atom. The summed E-state index contributed by atoms with van der Waals surface area (Å²) in [5, 5.41) is 3.08. The highest BCUT2D eigenvalue weighted by Gasteiger charge is 2.44. The van der Waals surface area contributed by atoms with E-state index in [-0.39, 0.29) is 18.0 Å². The van der Waals surface area contributed by atoms with E-state index in [2.05, 4.69) is 26.1 Å². The van der Waals surface area contributed by atoms with Gasteiger partial charge in [0.15, 0.2) is 0 Å². The summed E-state index contributed by atoms with van der Waals surface area (Å²) in [5.74, 6) is 0.467. The molecule has 1 heterocycles. The van der Waals surface area contributed by atoms with E-state index in [9.17, 15) is 4.79 Å². The normalized spacial score (nSPS) is 31.8. The van der Waals surface area contributed by atoms with Gasteiger partial charge in [-0.05, 0) is 19.3 Å². The Bertz CT molecular complexity index is 255. The zero-order valence-corrected chi connectivity index (χ0v) is 10.7. The standard InChI is InChI=1S/C12H24N2O2/c1-5-9(8(2)3)14-11(15)12(4)7-16-6-10(12)13/h8-10H,5-7,13H2,1-4H3,(H,14,15). The minimum atomic E-state index is -0.567. The first kappa shape index (κ1) is 13.5. The van der Waals surface area contributed by atoms with E-state index >= 15 is 0 Å². The first-order valence-electron chi connectivity index (χ1n) is 6.06. The molecule has 3 atom stereocenters. The first-order valence-corrected chi connectivity index (χ1v) is 6.06. The number of carbonyl (C=O) groups excluding carboxylic acids is 1. The summed E-state index contributed by atoms with van der Waals surface area (Å²) in [5.41, 5.74) is 5.35. The maximum absolute atomic E-state index is 12.2. The van der Waals surface area contributed by atoms with E-state index in [0.29, 0.717) is 19.1 Å². The number of amides is 1. The summed E-state index contributed by atoms with van der Waals surface area (Å²) in [4.78, 5) is 12.2. The number of rotatable bonds is 4. The van der Waals surface area contributed by atoms with Crippen molar-refractivity contribution in [1.82, 2.24) is 5.32 Å². The molecule has 1 aliphatic heterocycles. The summed E-state index contributed by atoms with van der Waals surface area (Å²) in [6.07, 6.45) is 0.940. The molecule has 0 saturated carbocycles. The third kappa shape index (κ3) is 2.55. The summed E-state index contributed by atoms with van der Waals surface area (Å²) in [6.45, 7) is 9.09. The third-order valence-electron chi connectivity index (χ3n) is 3.60. The lowest BCUT2D eigenvalue weighted by molar-refractivity contribution is -0.131. The van der Waals surface area contributed by atoms with Crippen molar-refractivity contribution >= 4 is 5.91 Å². The number of hydrogen-bond donors (Lipinski definition) is 2. The fourth-order valence-electron chi connectivity index (χ4n) is 2.00. The van der Waals surface area contributed by atoms with E-state index < -0.39 is 5.41 Å². The first-order chi connectivity index (χ1) is 7.41. The predicted molar refractivity (Wildman–Crippen MR) is 64.0 cm³/mol. The molecule has 1 amide bonds. The zero-order valence-electron chi connectivity index (χ0n) is 10.7. The van der Waals surface area contributed by atoms with Gasteiger partial charge in [0.05, 0.1) is 18.6 Å². The van der Waals surface area contributed by atoms with Gasteiger partial charge in [-0.1, -0.05) is 20.8 Å². The lowest BCUT2D eigenvalue weighted by Gasteiger charge is -2.29. The molecule has 1 saturated heterocycles. The number of nitrogens with two attached hydrogens (primary N) is 1. The van der Waals surface area contributed by atoms with Crippen molar-refractivity contribution in [3.05, 3.63) is 0 Å². The number of hydrogen-bond acceptors (Lipinski definition) is 3. The van der Waals surface area contributed by atoms with Crippen molar-refractivity contribution in [2.75, 3.05) is 13.2 Å². The second kappa shape index (κ2) is 5.15. The largest absolute Gasteiger partial charge is 0.379 e. The SMILES string of the molecule is CCC(NC(=O)C1(C)COCC1N)C(C)C. The van der Waals surface area contributed by atoms with Crippen LogP contribution in [0.4, 0.5) is 0 Å². The molecule has 0 aromatic rings. The molecular formula is C12H24N2O2. The van der Waals surface area contributed by atoms with Crippen LogP contribution in [0.3, 0.4) is 0 Å². The lowest BCUT2D eigenvalue weighted by Crippen LogP contribution is -2.53. The van der Waals surface area contributed by atoms with Crippen molar-refractivity contribution in [1.29, 1.82) is 0 Å². The Balaban J connectivity index is 2.64. The highest BCUT2D eigenvalue weighted by Crippen LogP contribution is 2.27. The van der Waals surface area contributed by atoms with Gasteiger partial charge in [0.25, 0.3) is 0 Å². The fraction of sp³-hybridized carbons (Fsp3) is 0.917. The van der Waals surface area contributed by atoms with Gasteiger partial charge in [-0.25, -0.2) is 0 Å². The van der Waals surface area contributed by atoms with Crippen molar-refractivity contribution < 1.29 is 9.53 Å². The van der Waals surface area contributed by atoms with Crippen LogP contribution in [0.1, 0.15) is 34.1 Å². The van der Waals surface area contributed by atoms with Gasteiger partial charge in [0, 0.05) is 12.1 Å². The maximum Gasteiger partial charge on any atom is 0.230 e. The summed E-state index contributed by atoms with van der Waals surface area (Å²) in [6, 6.07) is 0.0225. The molecule has 1 aliphatic rings. The quantitative estimate of drug-likeness (QED) is 0.751. The molecule has 3 N–H and O–H groups in total. The third-order valence-corrected chi connectivity index (χ3v) is 3.60. The Kier molecular flexibility index (Phi) is 4.33. The minimum Gasteiger partial charge on any atom is -0.379 e. The topological polar surface area (TPSA) is 64.3 Å². The number of ether oxygens (including phenoxy) is 1. The second-order valence-corrected chi connectivity index (χ2v) is 5.27. The van der Waals surface area contributed by atoms with Crippen LogP contribution < -0.4 is 11.1 Å². The van der Waals surface area contributed by atoms with Crippen LogP contribution in [0.2, 0.25) is 0 Å². The van der Waals surface area contributed by atoms with Crippen LogP contribution in [-0.2, 0) is 9.53 Å². The van der Waals surface area contributed by atoms with Crippen LogP contribution in [0.25, 0.3) is 0 Å². The molecule has 4 heteroatoms. The molecular weight excluding hydrogens is 204 g/mol. The molecule has 0 radical (unpaired) electrons. The van der Waals surface area contributed by atoms with Gasteiger partial charge in [-0.15, -0.1) is 0 Å². The van der Waals surface area contributed by atoms with E-state index in [4.69, 9.17) is 10.5 Å². The van der Waals surface area contributed by atoms with Crippen LogP contribution in [0, 0.1) is 11.3 Å². The van der Waals surface area contributed by atoms with Gasteiger partial charge >= 0.3 is 0 Å². The molecule has 1 fully saturated rings. The van der Waals surface area contributed by atoms with Gasteiger partial charge in [-0.3, -0.25) is 4.79 Å². The highest BCUT2D eigenvalue weighted by atomic mass is 16.5. The van der Waals surface area contributed by atoms with Gasteiger partial charge in [0.2, 0.25) is 5.91 Å². The van der Waals surface area contributed by atoms with E-state index in [0.717, 1.165) is 6.42 Å². The molecule has 3 unspecified atom stereocenters. The van der Waals surface area contributed by atoms with E-state index in [1.165, 1.54) is 0 Å². The minimum absolute atomic E-state index is 0.0260. The Morgan fingerprint density at radius 1 is 1.62 bits per heavy atom. The van der Waals surface area contributed by atoms with Crippen LogP contribution in [-0.4, -0.2) is 31.2 Å². The van der Waals surface area contributed by atoms with Crippen molar-refractivity contribution in [3.63, 3.8) is 0 Å². The van der Waals surface area contributed by atoms with Crippen LogP contribution in [0.15, 0.2) is 0 Å².